The number of hydrogen-bond donors (Lipinski definition) is 1. The fraction of sp³-hybridized carbons (Fsp3) is 0.500. The van der Waals surface area contributed by atoms with Crippen molar-refractivity contribution >= 4 is 15.7 Å². The van der Waals surface area contributed by atoms with Crippen molar-refractivity contribution in [3.8, 4) is 0 Å². The predicted octanol–water partition coefficient (Wildman–Crippen LogP) is 2.79. The second-order valence-electron chi connectivity index (χ2n) is 4.14. The van der Waals surface area contributed by atoms with E-state index in [2.05, 4.69) is 11.6 Å². The molecule has 0 aliphatic carbocycles. The molecule has 0 atom stereocenters. The fourth-order valence-corrected chi connectivity index (χ4v) is 2.01. The first-order chi connectivity index (χ1) is 7.45. The zero-order valence-corrected chi connectivity index (χ0v) is 10.8. The predicted molar refractivity (Wildman–Crippen MR) is 68.1 cm³/mol. The van der Waals surface area contributed by atoms with Crippen LogP contribution in [-0.4, -0.2) is 13.7 Å². The van der Waals surface area contributed by atoms with E-state index >= 15 is 0 Å². The number of hydrogen-bond acceptors (Lipinski definition) is 2. The van der Waals surface area contributed by atoms with Crippen LogP contribution in [0, 0.1) is 0 Å². The summed E-state index contributed by atoms with van der Waals surface area (Å²) < 4.78 is 25.8. The molecule has 0 heterocycles. The first-order valence-electron chi connectivity index (χ1n) is 5.56. The number of nitrogens with one attached hydrogen (secondary N) is 1. The minimum absolute atomic E-state index is 0.414. The summed E-state index contributed by atoms with van der Waals surface area (Å²) in [5.41, 5.74) is 1.86. The molecule has 0 saturated carbocycles. The summed E-state index contributed by atoms with van der Waals surface area (Å²) in [7, 11) is -3.23. The van der Waals surface area contributed by atoms with Gasteiger partial charge < -0.3 is 0 Å². The van der Waals surface area contributed by atoms with E-state index in [0.29, 0.717) is 5.69 Å². The number of anilines is 1. The molecule has 4 heteroatoms. The van der Waals surface area contributed by atoms with Crippen molar-refractivity contribution in [3.05, 3.63) is 29.8 Å². The van der Waals surface area contributed by atoms with Crippen LogP contribution in [0.15, 0.2) is 24.3 Å². The number of rotatable bonds is 5. The second kappa shape index (κ2) is 5.34. The molecule has 0 aliphatic heterocycles. The summed E-state index contributed by atoms with van der Waals surface area (Å²) in [6.45, 7) is 5.44. The van der Waals surface area contributed by atoms with Crippen LogP contribution < -0.4 is 4.72 Å². The Balaban J connectivity index is 2.76. The molecule has 1 N–H and O–H groups in total. The monoisotopic (exact) mass is 241 g/mol. The largest absolute Gasteiger partial charge is 0.283 e. The normalized spacial score (nSPS) is 11.8. The first kappa shape index (κ1) is 13.0. The molecular weight excluding hydrogens is 222 g/mol. The van der Waals surface area contributed by atoms with E-state index in [1.54, 1.807) is 13.8 Å². The minimum Gasteiger partial charge on any atom is -0.283 e. The number of sulfonamides is 1. The van der Waals surface area contributed by atoms with Gasteiger partial charge in [0.2, 0.25) is 10.0 Å². The van der Waals surface area contributed by atoms with E-state index in [9.17, 15) is 8.42 Å². The SMILES string of the molecule is CCCc1ccc(NS(=O)(=O)C(C)C)cc1. The topological polar surface area (TPSA) is 46.2 Å². The van der Waals surface area contributed by atoms with Crippen LogP contribution >= 0.6 is 0 Å². The Morgan fingerprint density at radius 3 is 2.19 bits per heavy atom. The lowest BCUT2D eigenvalue weighted by Gasteiger charge is -2.11. The maximum absolute atomic E-state index is 11.6. The average Bonchev–Trinajstić information content (AvgIpc) is 2.21. The van der Waals surface area contributed by atoms with Crippen LogP contribution in [0.2, 0.25) is 0 Å². The maximum atomic E-state index is 11.6. The molecule has 1 rings (SSSR count). The van der Waals surface area contributed by atoms with Gasteiger partial charge in [-0.15, -0.1) is 0 Å². The van der Waals surface area contributed by atoms with Gasteiger partial charge in [0.25, 0.3) is 0 Å². The summed E-state index contributed by atoms with van der Waals surface area (Å²) in [5.74, 6) is 0. The fourth-order valence-electron chi connectivity index (χ4n) is 1.31. The Kier molecular flexibility index (Phi) is 4.35. The van der Waals surface area contributed by atoms with Crippen LogP contribution in [-0.2, 0) is 16.4 Å². The zero-order chi connectivity index (χ0) is 12.2. The van der Waals surface area contributed by atoms with Gasteiger partial charge in [-0.25, -0.2) is 8.42 Å². The molecule has 0 radical (unpaired) electrons. The average molecular weight is 241 g/mol. The lowest BCUT2D eigenvalue weighted by molar-refractivity contribution is 0.593. The molecule has 0 aliphatic rings. The molecule has 0 amide bonds. The van der Waals surface area contributed by atoms with Gasteiger partial charge in [0, 0.05) is 5.69 Å². The Labute approximate surface area is 97.9 Å². The summed E-state index contributed by atoms with van der Waals surface area (Å²) in [5, 5.41) is -0.414. The van der Waals surface area contributed by atoms with E-state index in [1.165, 1.54) is 5.56 Å². The molecule has 0 saturated heterocycles. The van der Waals surface area contributed by atoms with Gasteiger partial charge in [-0.2, -0.15) is 0 Å². The van der Waals surface area contributed by atoms with Gasteiger partial charge >= 0.3 is 0 Å². The Bertz CT molecular complexity index is 421. The van der Waals surface area contributed by atoms with Gasteiger partial charge in [-0.1, -0.05) is 25.5 Å². The van der Waals surface area contributed by atoms with Crippen molar-refractivity contribution in [1.82, 2.24) is 0 Å². The highest BCUT2D eigenvalue weighted by atomic mass is 32.2. The Morgan fingerprint density at radius 2 is 1.75 bits per heavy atom. The highest BCUT2D eigenvalue weighted by molar-refractivity contribution is 7.93. The zero-order valence-electron chi connectivity index (χ0n) is 10.0. The summed E-state index contributed by atoms with van der Waals surface area (Å²) >= 11 is 0. The second-order valence-corrected chi connectivity index (χ2v) is 6.38. The van der Waals surface area contributed by atoms with Crippen molar-refractivity contribution in [2.75, 3.05) is 4.72 Å². The Morgan fingerprint density at radius 1 is 1.19 bits per heavy atom. The molecule has 0 bridgehead atoms. The van der Waals surface area contributed by atoms with E-state index in [0.717, 1.165) is 12.8 Å². The molecule has 0 spiro atoms. The third-order valence-electron chi connectivity index (χ3n) is 2.37. The van der Waals surface area contributed by atoms with Crippen molar-refractivity contribution in [2.24, 2.45) is 0 Å². The summed E-state index contributed by atoms with van der Waals surface area (Å²) in [4.78, 5) is 0. The van der Waals surface area contributed by atoms with E-state index < -0.39 is 15.3 Å². The van der Waals surface area contributed by atoms with Crippen LogP contribution in [0.5, 0.6) is 0 Å². The quantitative estimate of drug-likeness (QED) is 0.861. The van der Waals surface area contributed by atoms with Crippen LogP contribution in [0.4, 0.5) is 5.69 Å². The first-order valence-corrected chi connectivity index (χ1v) is 7.11. The third kappa shape index (κ3) is 3.52. The van der Waals surface area contributed by atoms with E-state index in [1.807, 2.05) is 24.3 Å². The lowest BCUT2D eigenvalue weighted by Crippen LogP contribution is -2.22. The van der Waals surface area contributed by atoms with Crippen LogP contribution in [0.25, 0.3) is 0 Å². The molecule has 0 fully saturated rings. The van der Waals surface area contributed by atoms with Crippen molar-refractivity contribution in [3.63, 3.8) is 0 Å². The van der Waals surface area contributed by atoms with Crippen LogP contribution in [0.1, 0.15) is 32.8 Å². The van der Waals surface area contributed by atoms with Gasteiger partial charge in [0.1, 0.15) is 0 Å². The molecule has 0 aromatic heterocycles. The van der Waals surface area contributed by atoms with Gasteiger partial charge in [0.15, 0.2) is 0 Å². The Hall–Kier alpha value is -1.03. The van der Waals surface area contributed by atoms with Crippen LogP contribution in [0.3, 0.4) is 0 Å². The molecule has 90 valence electrons. The van der Waals surface area contributed by atoms with Gasteiger partial charge in [-0.3, -0.25) is 4.72 Å². The highest BCUT2D eigenvalue weighted by Gasteiger charge is 2.14. The van der Waals surface area contributed by atoms with Crippen molar-refractivity contribution in [2.45, 2.75) is 38.9 Å². The summed E-state index contributed by atoms with van der Waals surface area (Å²) in [6, 6.07) is 7.54. The van der Waals surface area contributed by atoms with Gasteiger partial charge in [0.05, 0.1) is 5.25 Å². The van der Waals surface area contributed by atoms with Crippen molar-refractivity contribution < 1.29 is 8.42 Å². The lowest BCUT2D eigenvalue weighted by atomic mass is 10.1. The standard InChI is InChI=1S/C12H19NO2S/c1-4-5-11-6-8-12(9-7-11)13-16(14,15)10(2)3/h6-10,13H,4-5H2,1-3H3. The smallest absolute Gasteiger partial charge is 0.235 e. The van der Waals surface area contributed by atoms with E-state index in [-0.39, 0.29) is 0 Å². The molecule has 3 nitrogen and oxygen atoms in total. The molecule has 0 unspecified atom stereocenters. The maximum Gasteiger partial charge on any atom is 0.235 e. The van der Waals surface area contributed by atoms with Crippen molar-refractivity contribution in [1.29, 1.82) is 0 Å². The molecule has 1 aromatic rings. The summed E-state index contributed by atoms with van der Waals surface area (Å²) in [6.07, 6.45) is 2.12. The van der Waals surface area contributed by atoms with E-state index in [4.69, 9.17) is 0 Å². The minimum atomic E-state index is -3.23. The highest BCUT2D eigenvalue weighted by Crippen LogP contribution is 2.14. The van der Waals surface area contributed by atoms with Gasteiger partial charge in [-0.05, 0) is 38.0 Å². The molecule has 16 heavy (non-hydrogen) atoms. The number of aryl methyl sites for hydroxylation is 1. The third-order valence-corrected chi connectivity index (χ3v) is 4.13. The molecular formula is C12H19NO2S. The number of benzene rings is 1. The molecule has 1 aromatic carbocycles.